The van der Waals surface area contributed by atoms with Crippen molar-refractivity contribution >= 4 is 27.7 Å². The Bertz CT molecular complexity index is 778. The standard InChI is InChI=1S/C20H21ClFNO/c1-11(20(21)24)12-6-13-8-15(9-14(13)7-12)17-4-5-23-19-3-2-16(22)10-18(17)19/h2-5,10-15H,6-9H2,1H3/t11?,12?,13-,14+,15+. The third-order valence-corrected chi connectivity index (χ3v) is 6.64. The number of hydrogen-bond donors (Lipinski definition) is 0. The number of aromatic nitrogens is 1. The molecule has 2 aromatic rings. The van der Waals surface area contributed by atoms with Gasteiger partial charge in [-0.3, -0.25) is 9.78 Å². The average Bonchev–Trinajstić information content (AvgIpc) is 3.12. The summed E-state index contributed by atoms with van der Waals surface area (Å²) < 4.78 is 13.7. The van der Waals surface area contributed by atoms with Crippen molar-refractivity contribution in [1.82, 2.24) is 4.98 Å². The molecular weight excluding hydrogens is 325 g/mol. The zero-order valence-corrected chi connectivity index (χ0v) is 14.5. The van der Waals surface area contributed by atoms with Crippen molar-refractivity contribution in [2.75, 3.05) is 0 Å². The SMILES string of the molecule is CC(C(=O)Cl)C1C[C@@H]2C[C@H](c3ccnc4ccc(F)cc34)C[C@@H]2C1. The fourth-order valence-corrected chi connectivity index (χ4v) is 5.18. The normalized spacial score (nSPS) is 30.5. The van der Waals surface area contributed by atoms with Gasteiger partial charge in [0.25, 0.3) is 0 Å². The Labute approximate surface area is 146 Å². The first-order chi connectivity index (χ1) is 11.5. The van der Waals surface area contributed by atoms with Crippen molar-refractivity contribution in [3.8, 4) is 0 Å². The second kappa shape index (κ2) is 6.11. The fraction of sp³-hybridized carbons (Fsp3) is 0.500. The molecule has 2 nitrogen and oxygen atoms in total. The quantitative estimate of drug-likeness (QED) is 0.707. The molecule has 2 fully saturated rings. The van der Waals surface area contributed by atoms with Gasteiger partial charge in [0.15, 0.2) is 0 Å². The van der Waals surface area contributed by atoms with Crippen molar-refractivity contribution in [3.05, 3.63) is 41.8 Å². The number of carbonyl (C=O) groups is 1. The minimum absolute atomic E-state index is 0.0356. The summed E-state index contributed by atoms with van der Waals surface area (Å²) in [5.74, 6) is 1.98. The van der Waals surface area contributed by atoms with Crippen molar-refractivity contribution in [1.29, 1.82) is 0 Å². The molecule has 2 unspecified atom stereocenters. The zero-order chi connectivity index (χ0) is 16.8. The van der Waals surface area contributed by atoms with Crippen LogP contribution in [0.4, 0.5) is 4.39 Å². The third-order valence-electron chi connectivity index (χ3n) is 6.29. The molecule has 1 aromatic carbocycles. The minimum Gasteiger partial charge on any atom is -0.281 e. The molecular formula is C20H21ClFNO. The van der Waals surface area contributed by atoms with E-state index < -0.39 is 0 Å². The topological polar surface area (TPSA) is 30.0 Å². The van der Waals surface area contributed by atoms with Gasteiger partial charge in [-0.15, -0.1) is 0 Å². The van der Waals surface area contributed by atoms with Crippen LogP contribution in [0.15, 0.2) is 30.5 Å². The van der Waals surface area contributed by atoms with Crippen molar-refractivity contribution in [2.24, 2.45) is 23.7 Å². The van der Waals surface area contributed by atoms with Gasteiger partial charge in [0.1, 0.15) is 5.82 Å². The lowest BCUT2D eigenvalue weighted by Gasteiger charge is -2.19. The summed E-state index contributed by atoms with van der Waals surface area (Å²) >= 11 is 5.69. The van der Waals surface area contributed by atoms with E-state index in [2.05, 4.69) is 11.1 Å². The van der Waals surface area contributed by atoms with E-state index >= 15 is 0 Å². The van der Waals surface area contributed by atoms with E-state index in [0.29, 0.717) is 23.7 Å². The summed E-state index contributed by atoms with van der Waals surface area (Å²) in [4.78, 5) is 15.8. The number of pyridine rings is 1. The molecule has 2 saturated carbocycles. The lowest BCUT2D eigenvalue weighted by Crippen LogP contribution is -2.15. The Morgan fingerprint density at radius 2 is 1.92 bits per heavy atom. The van der Waals surface area contributed by atoms with E-state index in [4.69, 9.17) is 11.6 Å². The van der Waals surface area contributed by atoms with Crippen LogP contribution >= 0.6 is 11.6 Å². The Hall–Kier alpha value is -1.48. The predicted molar refractivity (Wildman–Crippen MR) is 93.4 cm³/mol. The van der Waals surface area contributed by atoms with Crippen LogP contribution < -0.4 is 0 Å². The van der Waals surface area contributed by atoms with E-state index in [9.17, 15) is 9.18 Å². The van der Waals surface area contributed by atoms with Crippen molar-refractivity contribution in [3.63, 3.8) is 0 Å². The summed E-state index contributed by atoms with van der Waals surface area (Å²) in [6.07, 6.45) is 6.27. The smallest absolute Gasteiger partial charge is 0.224 e. The summed E-state index contributed by atoms with van der Waals surface area (Å²) in [6, 6.07) is 6.89. The van der Waals surface area contributed by atoms with Crippen LogP contribution in [0.3, 0.4) is 0 Å². The third kappa shape index (κ3) is 2.73. The van der Waals surface area contributed by atoms with Gasteiger partial charge in [-0.25, -0.2) is 4.39 Å². The molecule has 126 valence electrons. The van der Waals surface area contributed by atoms with Gasteiger partial charge in [-0.05, 0) is 90.8 Å². The van der Waals surface area contributed by atoms with Gasteiger partial charge in [0, 0.05) is 17.5 Å². The highest BCUT2D eigenvalue weighted by atomic mass is 35.5. The molecule has 0 saturated heterocycles. The summed E-state index contributed by atoms with van der Waals surface area (Å²) in [5, 5.41) is 0.746. The summed E-state index contributed by atoms with van der Waals surface area (Å²) in [5.41, 5.74) is 2.09. The highest BCUT2D eigenvalue weighted by Crippen LogP contribution is 2.54. The molecule has 0 amide bonds. The van der Waals surface area contributed by atoms with Gasteiger partial charge in [-0.2, -0.15) is 0 Å². The molecule has 0 aliphatic heterocycles. The summed E-state index contributed by atoms with van der Waals surface area (Å²) in [7, 11) is 0. The number of rotatable bonds is 3. The lowest BCUT2D eigenvalue weighted by atomic mass is 9.87. The highest BCUT2D eigenvalue weighted by molar-refractivity contribution is 6.63. The minimum atomic E-state index is -0.204. The molecule has 0 bridgehead atoms. The first-order valence-corrected chi connectivity index (χ1v) is 9.14. The van der Waals surface area contributed by atoms with Gasteiger partial charge < -0.3 is 0 Å². The van der Waals surface area contributed by atoms with Gasteiger partial charge in [0.05, 0.1) is 5.52 Å². The van der Waals surface area contributed by atoms with Gasteiger partial charge in [-0.1, -0.05) is 6.92 Å². The van der Waals surface area contributed by atoms with Crippen LogP contribution in [-0.2, 0) is 4.79 Å². The second-order valence-electron chi connectivity index (χ2n) is 7.57. The van der Waals surface area contributed by atoms with Gasteiger partial charge in [0.2, 0.25) is 5.24 Å². The van der Waals surface area contributed by atoms with E-state index in [1.807, 2.05) is 13.1 Å². The molecule has 1 heterocycles. The van der Waals surface area contributed by atoms with Crippen LogP contribution in [0.2, 0.25) is 0 Å². The van der Waals surface area contributed by atoms with Crippen molar-refractivity contribution in [2.45, 2.75) is 38.5 Å². The fourth-order valence-electron chi connectivity index (χ4n) is 5.01. The molecule has 5 atom stereocenters. The second-order valence-corrected chi connectivity index (χ2v) is 7.95. The zero-order valence-electron chi connectivity index (χ0n) is 13.7. The largest absolute Gasteiger partial charge is 0.281 e. The Morgan fingerprint density at radius 3 is 2.58 bits per heavy atom. The van der Waals surface area contributed by atoms with Crippen molar-refractivity contribution < 1.29 is 9.18 Å². The first kappa shape index (κ1) is 16.0. The molecule has 4 heteroatoms. The summed E-state index contributed by atoms with van der Waals surface area (Å²) in [6.45, 7) is 1.96. The molecule has 1 aromatic heterocycles. The number of hydrogen-bond acceptors (Lipinski definition) is 2. The molecule has 24 heavy (non-hydrogen) atoms. The maximum Gasteiger partial charge on any atom is 0.224 e. The number of carbonyl (C=O) groups excluding carboxylic acids is 1. The molecule has 0 radical (unpaired) electrons. The monoisotopic (exact) mass is 345 g/mol. The molecule has 0 spiro atoms. The van der Waals surface area contributed by atoms with Gasteiger partial charge >= 0.3 is 0 Å². The predicted octanol–water partition coefficient (Wildman–Crippen LogP) is 5.30. The van der Waals surface area contributed by atoms with Crippen LogP contribution in [-0.4, -0.2) is 10.2 Å². The molecule has 2 aliphatic carbocycles. The number of fused-ring (bicyclic) bond motifs is 2. The van der Waals surface area contributed by atoms with Crippen LogP contribution in [0.1, 0.15) is 44.1 Å². The van der Waals surface area contributed by atoms with E-state index in [1.165, 1.54) is 11.6 Å². The Balaban J connectivity index is 1.56. The number of benzene rings is 1. The highest BCUT2D eigenvalue weighted by Gasteiger charge is 2.44. The maximum atomic E-state index is 13.7. The average molecular weight is 346 g/mol. The van der Waals surface area contributed by atoms with E-state index in [1.54, 1.807) is 12.1 Å². The van der Waals surface area contributed by atoms with E-state index in [0.717, 1.165) is 36.6 Å². The first-order valence-electron chi connectivity index (χ1n) is 8.76. The van der Waals surface area contributed by atoms with Crippen LogP contribution in [0.25, 0.3) is 10.9 Å². The number of halogens is 2. The maximum absolute atomic E-state index is 13.7. The van der Waals surface area contributed by atoms with Crippen LogP contribution in [0.5, 0.6) is 0 Å². The molecule has 2 aliphatic rings. The van der Waals surface area contributed by atoms with E-state index in [-0.39, 0.29) is 17.0 Å². The Morgan fingerprint density at radius 1 is 1.21 bits per heavy atom. The molecule has 0 N–H and O–H groups in total. The van der Waals surface area contributed by atoms with Crippen LogP contribution in [0, 0.1) is 29.5 Å². The number of nitrogens with zero attached hydrogens (tertiary/aromatic N) is 1. The lowest BCUT2D eigenvalue weighted by molar-refractivity contribution is -0.116. The molecule has 4 rings (SSSR count). The Kier molecular flexibility index (Phi) is 4.07.